The second-order valence-electron chi connectivity index (χ2n) is 5.30. The van der Waals surface area contributed by atoms with Crippen molar-refractivity contribution in [2.75, 3.05) is 46.0 Å². The van der Waals surface area contributed by atoms with Crippen LogP contribution in [0.1, 0.15) is 19.3 Å². The Balaban J connectivity index is 1.81. The summed E-state index contributed by atoms with van der Waals surface area (Å²) < 4.78 is 7.67. The van der Waals surface area contributed by atoms with Crippen LogP contribution >= 0.6 is 0 Å². The van der Waals surface area contributed by atoms with Gasteiger partial charge in [-0.3, -0.25) is 4.90 Å². The number of aliphatic hydroxyl groups is 1. The van der Waals surface area contributed by atoms with Gasteiger partial charge in [0.25, 0.3) is 0 Å². The Hall–Kier alpha value is -0.450. The van der Waals surface area contributed by atoms with Crippen molar-refractivity contribution in [2.24, 2.45) is 5.92 Å². The number of ether oxygens (including phenoxy) is 1. The maximum Gasteiger partial charge on any atom is 0.142 e. The van der Waals surface area contributed by atoms with Crippen LogP contribution in [0, 0.1) is 5.92 Å². The standard InChI is InChI=1S/C13H25N2O2/c1-14-5-2-12(3-6-14)10-15-7-9-17-11-13(15)4-8-16/h12-13,16H,1-11H2/q+1. The van der Waals surface area contributed by atoms with E-state index in [4.69, 9.17) is 9.84 Å². The van der Waals surface area contributed by atoms with Crippen molar-refractivity contribution < 1.29 is 14.4 Å². The van der Waals surface area contributed by atoms with E-state index < -0.39 is 0 Å². The largest absolute Gasteiger partial charge is 0.396 e. The molecule has 1 N–H and O–H groups in total. The number of hydrogen-bond acceptors (Lipinski definition) is 3. The summed E-state index contributed by atoms with van der Waals surface area (Å²) in [4.78, 5) is 2.52. The third kappa shape index (κ3) is 3.76. The van der Waals surface area contributed by atoms with Gasteiger partial charge in [-0.1, -0.05) is 0 Å². The molecule has 1 atom stereocenters. The van der Waals surface area contributed by atoms with Crippen LogP contribution in [0.4, 0.5) is 0 Å². The average molecular weight is 241 g/mol. The van der Waals surface area contributed by atoms with Gasteiger partial charge in [0.2, 0.25) is 0 Å². The summed E-state index contributed by atoms with van der Waals surface area (Å²) in [7, 11) is 0. The van der Waals surface area contributed by atoms with Gasteiger partial charge in [0.15, 0.2) is 0 Å². The molecule has 2 aliphatic heterocycles. The maximum absolute atomic E-state index is 9.08. The molecule has 2 saturated heterocycles. The predicted octanol–water partition coefficient (Wildman–Crippen LogP) is 0.193. The van der Waals surface area contributed by atoms with Crippen molar-refractivity contribution in [3.63, 3.8) is 0 Å². The van der Waals surface area contributed by atoms with E-state index in [0.29, 0.717) is 6.04 Å². The van der Waals surface area contributed by atoms with Crippen molar-refractivity contribution in [3.8, 4) is 0 Å². The number of morpholine rings is 1. The minimum absolute atomic E-state index is 0.266. The Morgan fingerprint density at radius 2 is 2.12 bits per heavy atom. The van der Waals surface area contributed by atoms with E-state index in [9.17, 15) is 0 Å². The summed E-state index contributed by atoms with van der Waals surface area (Å²) in [5.74, 6) is 0.798. The lowest BCUT2D eigenvalue weighted by Gasteiger charge is -2.38. The molecular weight excluding hydrogens is 216 g/mol. The zero-order valence-corrected chi connectivity index (χ0v) is 10.7. The molecule has 4 nitrogen and oxygen atoms in total. The van der Waals surface area contributed by atoms with E-state index in [1.165, 1.54) is 19.4 Å². The van der Waals surface area contributed by atoms with Crippen LogP contribution in [-0.4, -0.2) is 73.3 Å². The van der Waals surface area contributed by atoms with E-state index in [1.54, 1.807) is 0 Å². The molecule has 0 bridgehead atoms. The van der Waals surface area contributed by atoms with Crippen LogP contribution in [-0.2, 0) is 4.74 Å². The van der Waals surface area contributed by atoms with E-state index in [1.807, 2.05) is 0 Å². The fourth-order valence-electron chi connectivity index (χ4n) is 2.85. The Kier molecular flexibility index (Phi) is 4.95. The summed E-state index contributed by atoms with van der Waals surface area (Å²) in [6.07, 6.45) is 3.35. The van der Waals surface area contributed by atoms with Crippen molar-refractivity contribution in [1.29, 1.82) is 0 Å². The molecule has 0 aromatic carbocycles. The number of hydrogen-bond donors (Lipinski definition) is 1. The van der Waals surface area contributed by atoms with E-state index in [-0.39, 0.29) is 6.61 Å². The highest BCUT2D eigenvalue weighted by Gasteiger charge is 2.27. The zero-order valence-electron chi connectivity index (χ0n) is 10.7. The van der Waals surface area contributed by atoms with Gasteiger partial charge in [0, 0.05) is 38.6 Å². The molecule has 4 heteroatoms. The lowest BCUT2D eigenvalue weighted by atomic mass is 9.96. The minimum Gasteiger partial charge on any atom is -0.396 e. The van der Waals surface area contributed by atoms with E-state index >= 15 is 0 Å². The van der Waals surface area contributed by atoms with Crippen LogP contribution in [0.25, 0.3) is 0 Å². The van der Waals surface area contributed by atoms with Gasteiger partial charge in [0.1, 0.15) is 19.8 Å². The quantitative estimate of drug-likeness (QED) is 0.714. The molecule has 0 saturated carbocycles. The summed E-state index contributed by atoms with van der Waals surface area (Å²) >= 11 is 0. The van der Waals surface area contributed by atoms with E-state index in [2.05, 4.69) is 16.2 Å². The van der Waals surface area contributed by atoms with Crippen LogP contribution in [0.2, 0.25) is 0 Å². The van der Waals surface area contributed by atoms with Crippen LogP contribution in [0.3, 0.4) is 0 Å². The molecule has 0 aliphatic carbocycles. The maximum atomic E-state index is 9.08. The number of rotatable bonds is 4. The monoisotopic (exact) mass is 241 g/mol. The fourth-order valence-corrected chi connectivity index (χ4v) is 2.85. The molecule has 2 heterocycles. The van der Waals surface area contributed by atoms with Crippen molar-refractivity contribution in [1.82, 2.24) is 4.90 Å². The molecule has 98 valence electrons. The highest BCUT2D eigenvalue weighted by molar-refractivity contribution is 5.14. The number of piperidine rings is 1. The van der Waals surface area contributed by atoms with Crippen LogP contribution in [0.15, 0.2) is 0 Å². The first kappa shape index (κ1) is 13.0. The van der Waals surface area contributed by atoms with Crippen LogP contribution in [0.5, 0.6) is 0 Å². The first-order valence-corrected chi connectivity index (χ1v) is 6.77. The Morgan fingerprint density at radius 3 is 2.82 bits per heavy atom. The molecule has 0 spiro atoms. The zero-order chi connectivity index (χ0) is 12.1. The Labute approximate surface area is 104 Å². The smallest absolute Gasteiger partial charge is 0.142 e. The summed E-state index contributed by atoms with van der Waals surface area (Å²) in [5, 5.41) is 9.08. The molecule has 0 aromatic rings. The molecular formula is C13H25N2O2+. The number of nitrogens with zero attached hydrogens (tertiary/aromatic N) is 2. The van der Waals surface area contributed by atoms with Gasteiger partial charge >= 0.3 is 0 Å². The van der Waals surface area contributed by atoms with Crippen molar-refractivity contribution in [2.45, 2.75) is 25.3 Å². The fraction of sp³-hybridized carbons (Fsp3) is 0.923. The third-order valence-electron chi connectivity index (χ3n) is 4.01. The minimum atomic E-state index is 0.266. The van der Waals surface area contributed by atoms with Gasteiger partial charge in [-0.2, -0.15) is 0 Å². The average Bonchev–Trinajstić information content (AvgIpc) is 2.35. The number of aliphatic hydroxyl groups excluding tert-OH is 1. The Bertz CT molecular complexity index is 246. The first-order chi connectivity index (χ1) is 8.29. The second kappa shape index (κ2) is 6.47. The molecule has 2 rings (SSSR count). The summed E-state index contributed by atoms with van der Waals surface area (Å²) in [6, 6.07) is 0.423. The lowest BCUT2D eigenvalue weighted by Crippen LogP contribution is -2.48. The normalized spacial score (nSPS) is 28.5. The molecule has 17 heavy (non-hydrogen) atoms. The van der Waals surface area contributed by atoms with Gasteiger partial charge in [-0.15, -0.1) is 0 Å². The Morgan fingerprint density at radius 1 is 1.35 bits per heavy atom. The molecule has 1 unspecified atom stereocenters. The van der Waals surface area contributed by atoms with E-state index in [0.717, 1.165) is 45.2 Å². The van der Waals surface area contributed by atoms with Gasteiger partial charge in [0.05, 0.1) is 13.2 Å². The van der Waals surface area contributed by atoms with Gasteiger partial charge in [-0.25, -0.2) is 4.58 Å². The summed E-state index contributed by atoms with van der Waals surface area (Å²) in [5.41, 5.74) is 0. The predicted molar refractivity (Wildman–Crippen MR) is 67.7 cm³/mol. The first-order valence-electron chi connectivity index (χ1n) is 6.77. The molecule has 0 radical (unpaired) electrons. The van der Waals surface area contributed by atoms with Gasteiger partial charge < -0.3 is 9.84 Å². The van der Waals surface area contributed by atoms with Crippen LogP contribution < -0.4 is 0 Å². The molecule has 2 aliphatic rings. The second-order valence-corrected chi connectivity index (χ2v) is 5.30. The molecule has 2 fully saturated rings. The van der Waals surface area contributed by atoms with Crippen molar-refractivity contribution in [3.05, 3.63) is 0 Å². The highest BCUT2D eigenvalue weighted by atomic mass is 16.5. The molecule has 0 aromatic heterocycles. The third-order valence-corrected chi connectivity index (χ3v) is 4.01. The SMILES string of the molecule is C=[N+]1CCC(CN2CCOCC2CCO)CC1. The summed E-state index contributed by atoms with van der Waals surface area (Å²) in [6.45, 7) is 10.3. The highest BCUT2D eigenvalue weighted by Crippen LogP contribution is 2.19. The molecule has 0 amide bonds. The van der Waals surface area contributed by atoms with Gasteiger partial charge in [-0.05, 0) is 12.3 Å². The lowest BCUT2D eigenvalue weighted by molar-refractivity contribution is -0.532. The van der Waals surface area contributed by atoms with Crippen molar-refractivity contribution >= 4 is 6.72 Å². The topological polar surface area (TPSA) is 35.7 Å².